The van der Waals surface area contributed by atoms with E-state index in [1.807, 2.05) is 41.8 Å². The van der Waals surface area contributed by atoms with E-state index < -0.39 is 4.92 Å². The molecule has 1 amide bonds. The van der Waals surface area contributed by atoms with Gasteiger partial charge in [-0.05, 0) is 43.7 Å². The molecule has 156 valence electrons. The van der Waals surface area contributed by atoms with Crippen LogP contribution in [0.4, 0.5) is 11.4 Å². The van der Waals surface area contributed by atoms with Crippen LogP contribution in [-0.2, 0) is 6.54 Å². The molecule has 2 heterocycles. The summed E-state index contributed by atoms with van der Waals surface area (Å²) in [5.41, 5.74) is 3.98. The average Bonchev–Trinajstić information content (AvgIpc) is 3.37. The molecule has 0 saturated heterocycles. The number of thiazole rings is 1. The Balaban J connectivity index is 1.46. The molecule has 0 radical (unpaired) electrons. The fraction of sp³-hybridized carbons (Fsp3) is 0.136. The lowest BCUT2D eigenvalue weighted by Crippen LogP contribution is -2.12. The van der Waals surface area contributed by atoms with Crippen molar-refractivity contribution < 1.29 is 9.72 Å². The Bertz CT molecular complexity index is 1250. The van der Waals surface area contributed by atoms with Gasteiger partial charge in [-0.2, -0.15) is 5.10 Å². The third-order valence-corrected chi connectivity index (χ3v) is 5.70. The Hall–Kier alpha value is -3.85. The van der Waals surface area contributed by atoms with E-state index in [0.29, 0.717) is 29.2 Å². The highest BCUT2D eigenvalue weighted by Crippen LogP contribution is 2.25. The van der Waals surface area contributed by atoms with Crippen LogP contribution in [0.3, 0.4) is 0 Å². The molecule has 0 atom stereocenters. The van der Waals surface area contributed by atoms with Gasteiger partial charge in [0.05, 0.1) is 11.5 Å². The monoisotopic (exact) mass is 433 g/mol. The lowest BCUT2D eigenvalue weighted by atomic mass is 10.1. The van der Waals surface area contributed by atoms with Crippen molar-refractivity contribution in [3.63, 3.8) is 0 Å². The third kappa shape index (κ3) is 4.36. The van der Waals surface area contributed by atoms with E-state index >= 15 is 0 Å². The summed E-state index contributed by atoms with van der Waals surface area (Å²) in [7, 11) is 0. The van der Waals surface area contributed by atoms with Crippen LogP contribution >= 0.6 is 11.3 Å². The van der Waals surface area contributed by atoms with E-state index in [-0.39, 0.29) is 11.6 Å². The Labute approximate surface area is 182 Å². The minimum Gasteiger partial charge on any atom is -0.322 e. The van der Waals surface area contributed by atoms with Gasteiger partial charge in [0.1, 0.15) is 16.4 Å². The maximum atomic E-state index is 12.6. The Morgan fingerprint density at radius 2 is 1.97 bits per heavy atom. The number of nitrogens with one attached hydrogen (secondary N) is 1. The number of anilines is 1. The van der Waals surface area contributed by atoms with Crippen LogP contribution in [0.2, 0.25) is 0 Å². The molecule has 4 aromatic rings. The van der Waals surface area contributed by atoms with Crippen molar-refractivity contribution in [1.82, 2.24) is 14.8 Å². The number of hydrogen-bond acceptors (Lipinski definition) is 6. The second-order valence-corrected chi connectivity index (χ2v) is 7.90. The molecule has 0 aliphatic carbocycles. The average molecular weight is 433 g/mol. The summed E-state index contributed by atoms with van der Waals surface area (Å²) < 4.78 is 1.60. The maximum absolute atomic E-state index is 12.6. The van der Waals surface area contributed by atoms with Gasteiger partial charge in [-0.15, -0.1) is 11.3 Å². The lowest BCUT2D eigenvalue weighted by Gasteiger charge is -2.08. The fourth-order valence-corrected chi connectivity index (χ4v) is 3.97. The third-order valence-electron chi connectivity index (χ3n) is 4.87. The molecular formula is C22H19N5O3S. The number of nitro groups is 1. The van der Waals surface area contributed by atoms with E-state index in [9.17, 15) is 14.9 Å². The first-order valence-electron chi connectivity index (χ1n) is 9.51. The number of amides is 1. The summed E-state index contributed by atoms with van der Waals surface area (Å²) in [5, 5.41) is 21.1. The minimum absolute atomic E-state index is 0.0379. The van der Waals surface area contributed by atoms with Crippen LogP contribution in [0.25, 0.3) is 10.6 Å². The number of aryl methyl sites for hydroxylation is 1. The van der Waals surface area contributed by atoms with Gasteiger partial charge in [0.15, 0.2) is 0 Å². The second kappa shape index (κ2) is 8.49. The van der Waals surface area contributed by atoms with Gasteiger partial charge >= 0.3 is 5.69 Å². The number of hydrogen-bond donors (Lipinski definition) is 1. The second-order valence-electron chi connectivity index (χ2n) is 7.00. The van der Waals surface area contributed by atoms with Crippen LogP contribution in [0.5, 0.6) is 0 Å². The Morgan fingerprint density at radius 1 is 1.19 bits per heavy atom. The molecule has 0 spiro atoms. The van der Waals surface area contributed by atoms with Crippen molar-refractivity contribution in [3.8, 4) is 10.6 Å². The number of nitrogens with zero attached hydrogens (tertiary/aromatic N) is 4. The van der Waals surface area contributed by atoms with E-state index in [2.05, 4.69) is 15.4 Å². The molecule has 0 aliphatic heterocycles. The Morgan fingerprint density at radius 3 is 2.61 bits per heavy atom. The zero-order valence-electron chi connectivity index (χ0n) is 16.9. The molecular weight excluding hydrogens is 414 g/mol. The number of carbonyl (C=O) groups excluding carboxylic acids is 1. The molecule has 2 aromatic carbocycles. The first-order chi connectivity index (χ1) is 14.9. The minimum atomic E-state index is -0.412. The molecule has 0 aliphatic rings. The highest BCUT2D eigenvalue weighted by molar-refractivity contribution is 7.13. The molecule has 4 rings (SSSR count). The van der Waals surface area contributed by atoms with Crippen molar-refractivity contribution in [2.75, 3.05) is 5.32 Å². The van der Waals surface area contributed by atoms with E-state index in [1.54, 1.807) is 36.9 Å². The number of benzene rings is 2. The standard InChI is InChI=1S/C22H19N5O3S/c1-14-20(27(29)30)15(2)26(25-14)13-16-6-8-17(9-7-16)21(28)24-19-5-3-4-18(12-19)22-23-10-11-31-22/h3-12H,13H2,1-2H3,(H,24,28). The quantitative estimate of drug-likeness (QED) is 0.346. The number of aromatic nitrogens is 3. The molecule has 0 fully saturated rings. The van der Waals surface area contributed by atoms with E-state index in [4.69, 9.17) is 0 Å². The summed E-state index contributed by atoms with van der Waals surface area (Å²) in [6.07, 6.45) is 1.75. The van der Waals surface area contributed by atoms with Gasteiger partial charge < -0.3 is 5.32 Å². The normalized spacial score (nSPS) is 10.8. The highest BCUT2D eigenvalue weighted by atomic mass is 32.1. The highest BCUT2D eigenvalue weighted by Gasteiger charge is 2.21. The predicted octanol–water partition coefficient (Wildman–Crippen LogP) is 4.83. The summed E-state index contributed by atoms with van der Waals surface area (Å²) in [4.78, 5) is 27.7. The topological polar surface area (TPSA) is 103 Å². The fourth-order valence-electron chi connectivity index (χ4n) is 3.34. The van der Waals surface area contributed by atoms with Crippen LogP contribution in [0, 0.1) is 24.0 Å². The first-order valence-corrected chi connectivity index (χ1v) is 10.4. The van der Waals surface area contributed by atoms with E-state index in [1.165, 1.54) is 11.3 Å². The molecule has 2 aromatic heterocycles. The molecule has 8 nitrogen and oxygen atoms in total. The number of carbonyl (C=O) groups is 1. The van der Waals surface area contributed by atoms with Crippen LogP contribution in [-0.4, -0.2) is 25.6 Å². The van der Waals surface area contributed by atoms with Crippen LogP contribution < -0.4 is 5.32 Å². The zero-order valence-corrected chi connectivity index (χ0v) is 17.7. The van der Waals surface area contributed by atoms with E-state index in [0.717, 1.165) is 16.1 Å². The Kier molecular flexibility index (Phi) is 5.59. The lowest BCUT2D eigenvalue weighted by molar-refractivity contribution is -0.386. The molecule has 0 saturated carbocycles. The maximum Gasteiger partial charge on any atom is 0.312 e. The first kappa shape index (κ1) is 20.4. The smallest absolute Gasteiger partial charge is 0.312 e. The van der Waals surface area contributed by atoms with Crippen molar-refractivity contribution in [3.05, 3.63) is 92.7 Å². The molecule has 31 heavy (non-hydrogen) atoms. The van der Waals surface area contributed by atoms with Crippen molar-refractivity contribution in [1.29, 1.82) is 0 Å². The van der Waals surface area contributed by atoms with Crippen molar-refractivity contribution >= 4 is 28.6 Å². The van der Waals surface area contributed by atoms with Gasteiger partial charge in [-0.25, -0.2) is 4.98 Å². The largest absolute Gasteiger partial charge is 0.322 e. The summed E-state index contributed by atoms with van der Waals surface area (Å²) in [6.45, 7) is 3.69. The summed E-state index contributed by atoms with van der Waals surface area (Å²) >= 11 is 1.54. The van der Waals surface area contributed by atoms with Gasteiger partial charge in [0, 0.05) is 28.4 Å². The van der Waals surface area contributed by atoms with Crippen LogP contribution in [0.1, 0.15) is 27.3 Å². The van der Waals surface area contributed by atoms with Gasteiger partial charge in [-0.1, -0.05) is 24.3 Å². The van der Waals surface area contributed by atoms with Crippen molar-refractivity contribution in [2.45, 2.75) is 20.4 Å². The molecule has 9 heteroatoms. The predicted molar refractivity (Wildman–Crippen MR) is 119 cm³/mol. The van der Waals surface area contributed by atoms with Gasteiger partial charge in [0.2, 0.25) is 0 Å². The SMILES string of the molecule is Cc1nn(Cc2ccc(C(=O)Nc3cccc(-c4nccs4)c3)cc2)c(C)c1[N+](=O)[O-]. The van der Waals surface area contributed by atoms with Gasteiger partial charge in [0.25, 0.3) is 5.91 Å². The van der Waals surface area contributed by atoms with Crippen LogP contribution in [0.15, 0.2) is 60.1 Å². The van der Waals surface area contributed by atoms with Gasteiger partial charge in [-0.3, -0.25) is 19.6 Å². The molecule has 0 unspecified atom stereocenters. The zero-order chi connectivity index (χ0) is 22.0. The summed E-state index contributed by atoms with van der Waals surface area (Å²) in [5.74, 6) is -0.218. The summed E-state index contributed by atoms with van der Waals surface area (Å²) in [6, 6.07) is 14.7. The van der Waals surface area contributed by atoms with Crippen molar-refractivity contribution in [2.24, 2.45) is 0 Å². The number of rotatable bonds is 6. The molecule has 1 N–H and O–H groups in total. The molecule has 0 bridgehead atoms.